The summed E-state index contributed by atoms with van der Waals surface area (Å²) in [6.07, 6.45) is 2.17. The number of hydrogen-bond donors (Lipinski definition) is 3. The van der Waals surface area contributed by atoms with E-state index in [2.05, 4.69) is 30.4 Å². The number of anilines is 2. The van der Waals surface area contributed by atoms with Gasteiger partial charge in [-0.3, -0.25) is 4.98 Å². The molecule has 0 aliphatic heterocycles. The maximum atomic E-state index is 12.1. The van der Waals surface area contributed by atoms with Crippen LogP contribution in [-0.2, 0) is 0 Å². The Kier molecular flexibility index (Phi) is 8.05. The van der Waals surface area contributed by atoms with Crippen molar-refractivity contribution < 1.29 is 18.3 Å². The molecule has 4 aromatic heterocycles. The number of rotatable bonds is 2. The molecule has 1 aliphatic carbocycles. The van der Waals surface area contributed by atoms with Crippen molar-refractivity contribution in [2.75, 3.05) is 18.1 Å². The summed E-state index contributed by atoms with van der Waals surface area (Å²) in [5.41, 5.74) is 7.17. The summed E-state index contributed by atoms with van der Waals surface area (Å²) in [6.45, 7) is 4.00. The molecule has 0 aromatic carbocycles. The van der Waals surface area contributed by atoms with Crippen LogP contribution in [0.2, 0.25) is 0 Å². The Morgan fingerprint density at radius 1 is 1.03 bits per heavy atom. The largest absolute Gasteiger partial charge is 0.417 e. The summed E-state index contributed by atoms with van der Waals surface area (Å²) in [5, 5.41) is 16.3. The third-order valence-electron chi connectivity index (χ3n) is 5.58. The zero-order valence-electron chi connectivity index (χ0n) is 19.8. The van der Waals surface area contributed by atoms with E-state index < -0.39 is 11.8 Å². The van der Waals surface area contributed by atoms with Crippen molar-refractivity contribution in [2.45, 2.75) is 57.7 Å². The van der Waals surface area contributed by atoms with Gasteiger partial charge in [-0.15, -0.1) is 5.10 Å². The smallest absolute Gasteiger partial charge is 0.380 e. The number of hydrogen-bond acceptors (Lipinski definition) is 8. The Labute approximate surface area is 200 Å². The van der Waals surface area contributed by atoms with E-state index >= 15 is 0 Å². The van der Waals surface area contributed by atoms with Crippen LogP contribution in [0.5, 0.6) is 0 Å². The van der Waals surface area contributed by atoms with E-state index in [-0.39, 0.29) is 18.8 Å². The molecule has 0 saturated heterocycles. The number of aliphatic hydroxyl groups is 1. The molecule has 9 nitrogen and oxygen atoms in total. The fraction of sp³-hybridized carbons (Fsp3) is 0.435. The van der Waals surface area contributed by atoms with Crippen molar-refractivity contribution in [3.63, 3.8) is 0 Å². The quantitative estimate of drug-likeness (QED) is 0.371. The second-order valence-corrected chi connectivity index (χ2v) is 7.78. The molecule has 4 N–H and O–H groups in total. The van der Waals surface area contributed by atoms with Gasteiger partial charge < -0.3 is 16.2 Å². The van der Waals surface area contributed by atoms with Crippen LogP contribution in [0.3, 0.4) is 0 Å². The first-order valence-electron chi connectivity index (χ1n) is 11.4. The molecule has 0 amide bonds. The number of fused-ring (bicyclic) bond motifs is 2. The average molecular weight is 491 g/mol. The van der Waals surface area contributed by atoms with Crippen molar-refractivity contribution in [1.82, 2.24) is 29.5 Å². The van der Waals surface area contributed by atoms with Crippen molar-refractivity contribution in [3.05, 3.63) is 36.8 Å². The summed E-state index contributed by atoms with van der Waals surface area (Å²) in [7, 11) is 1.79. The second kappa shape index (κ2) is 10.8. The Morgan fingerprint density at radius 2 is 1.71 bits per heavy atom. The van der Waals surface area contributed by atoms with Crippen LogP contribution in [0.15, 0.2) is 36.8 Å². The molecule has 12 heteroatoms. The fourth-order valence-electron chi connectivity index (χ4n) is 3.85. The Morgan fingerprint density at radius 3 is 2.34 bits per heavy atom. The molecule has 1 aliphatic rings. The first-order valence-corrected chi connectivity index (χ1v) is 11.4. The van der Waals surface area contributed by atoms with Crippen molar-refractivity contribution in [3.8, 4) is 11.3 Å². The maximum Gasteiger partial charge on any atom is 0.417 e. The summed E-state index contributed by atoms with van der Waals surface area (Å²) >= 11 is 0. The van der Waals surface area contributed by atoms with Crippen LogP contribution in [0, 0.1) is 0 Å². The molecule has 0 bridgehead atoms. The van der Waals surface area contributed by atoms with E-state index in [4.69, 9.17) is 10.8 Å². The highest BCUT2D eigenvalue weighted by molar-refractivity contribution is 5.89. The number of halogens is 3. The van der Waals surface area contributed by atoms with E-state index in [0.29, 0.717) is 24.3 Å². The number of nitrogen functional groups attached to an aromatic ring is 1. The van der Waals surface area contributed by atoms with E-state index in [1.54, 1.807) is 24.0 Å². The maximum absolute atomic E-state index is 12.1. The van der Waals surface area contributed by atoms with Crippen LogP contribution >= 0.6 is 0 Å². The summed E-state index contributed by atoms with van der Waals surface area (Å²) in [4.78, 5) is 17.3. The molecule has 4 heterocycles. The Balaban J connectivity index is 0.000000223. The zero-order chi connectivity index (χ0) is 25.6. The van der Waals surface area contributed by atoms with E-state index in [0.717, 1.165) is 28.7 Å². The van der Waals surface area contributed by atoms with Crippen molar-refractivity contribution in [2.24, 2.45) is 0 Å². The Bertz CT molecular complexity index is 1270. The van der Waals surface area contributed by atoms with Crippen molar-refractivity contribution in [1.29, 1.82) is 0 Å². The molecular weight excluding hydrogens is 461 g/mol. The molecule has 5 rings (SSSR count). The van der Waals surface area contributed by atoms with E-state index in [1.165, 1.54) is 0 Å². The normalized spacial score (nSPS) is 15.1. The van der Waals surface area contributed by atoms with Crippen LogP contribution in [0.25, 0.3) is 27.9 Å². The number of nitrogens with two attached hydrogens (primary N) is 1. The minimum atomic E-state index is -4.44. The minimum absolute atomic E-state index is 0.128. The van der Waals surface area contributed by atoms with E-state index in [9.17, 15) is 13.2 Å². The lowest BCUT2D eigenvalue weighted by Gasteiger charge is -2.33. The number of nitrogens with one attached hydrogen (secondary N) is 1. The lowest BCUT2D eigenvalue weighted by Crippen LogP contribution is -2.46. The predicted molar refractivity (Wildman–Crippen MR) is 129 cm³/mol. The monoisotopic (exact) mass is 490 g/mol. The lowest BCUT2D eigenvalue weighted by molar-refractivity contribution is -0.269. The fourth-order valence-corrected chi connectivity index (χ4v) is 3.85. The molecule has 0 unspecified atom stereocenters. The van der Waals surface area contributed by atoms with Gasteiger partial charge in [0, 0.05) is 31.2 Å². The van der Waals surface area contributed by atoms with Gasteiger partial charge in [-0.25, -0.2) is 14.5 Å². The minimum Gasteiger partial charge on any atom is -0.380 e. The van der Waals surface area contributed by atoms with Gasteiger partial charge in [-0.05, 0) is 31.0 Å². The van der Waals surface area contributed by atoms with Gasteiger partial charge in [-0.2, -0.15) is 18.2 Å². The standard InChI is InChI=1S/C14H12N8.C7H11F3O.C2H6/c1-16-13-11-8(4-7-22(11)21-14(15)20-13)9-2-3-10-12(19-9)18-6-5-17-10;8-7(9,10)6(11)4-2-1-3-5-6;1-2/h2-7H,1H3,(H3,15,16,20,21);11H,1-5H2;1-2H3. The summed E-state index contributed by atoms with van der Waals surface area (Å²) in [6, 6.07) is 5.72. The summed E-state index contributed by atoms with van der Waals surface area (Å²) < 4.78 is 37.9. The first-order chi connectivity index (χ1) is 16.7. The van der Waals surface area contributed by atoms with Gasteiger partial charge in [0.15, 0.2) is 17.1 Å². The van der Waals surface area contributed by atoms with Crippen LogP contribution < -0.4 is 11.1 Å². The van der Waals surface area contributed by atoms with Gasteiger partial charge in [0.25, 0.3) is 0 Å². The van der Waals surface area contributed by atoms with Crippen LogP contribution in [-0.4, -0.2) is 53.5 Å². The van der Waals surface area contributed by atoms with Crippen molar-refractivity contribution >= 4 is 28.4 Å². The zero-order valence-corrected chi connectivity index (χ0v) is 19.8. The van der Waals surface area contributed by atoms with Gasteiger partial charge >= 0.3 is 6.18 Å². The molecule has 188 valence electrons. The van der Waals surface area contributed by atoms with Crippen LogP contribution in [0.1, 0.15) is 46.0 Å². The van der Waals surface area contributed by atoms with Gasteiger partial charge in [0.2, 0.25) is 5.95 Å². The molecule has 1 saturated carbocycles. The molecule has 0 atom stereocenters. The predicted octanol–water partition coefficient (Wildman–Crippen LogP) is 4.63. The third kappa shape index (κ3) is 5.59. The molecule has 0 spiro atoms. The molecule has 35 heavy (non-hydrogen) atoms. The van der Waals surface area contributed by atoms with Crippen LogP contribution in [0.4, 0.5) is 24.9 Å². The molecule has 1 fully saturated rings. The molecule has 4 aromatic rings. The second-order valence-electron chi connectivity index (χ2n) is 7.78. The Hall–Kier alpha value is -3.54. The lowest BCUT2D eigenvalue weighted by atomic mass is 9.84. The average Bonchev–Trinajstić information content (AvgIpc) is 3.28. The molecule has 0 radical (unpaired) electrons. The highest BCUT2D eigenvalue weighted by atomic mass is 19.4. The topological polar surface area (TPSA) is 127 Å². The highest BCUT2D eigenvalue weighted by Crippen LogP contribution is 2.41. The molecular formula is C23H29F3N8O. The highest BCUT2D eigenvalue weighted by Gasteiger charge is 2.53. The van der Waals surface area contributed by atoms with E-state index in [1.807, 2.05) is 38.2 Å². The van der Waals surface area contributed by atoms with Gasteiger partial charge in [-0.1, -0.05) is 33.1 Å². The summed E-state index contributed by atoms with van der Waals surface area (Å²) in [5.74, 6) is 0.852. The number of nitrogens with zero attached hydrogens (tertiary/aromatic N) is 6. The number of pyridine rings is 1. The first kappa shape index (κ1) is 26.1. The third-order valence-corrected chi connectivity index (χ3v) is 5.58. The number of aromatic nitrogens is 6. The van der Waals surface area contributed by atoms with Gasteiger partial charge in [0.05, 0.1) is 5.69 Å². The SMILES string of the molecule is CC.CNc1nc(N)nn2ccc(-c3ccc4nccnc4n3)c12.OC1(C(F)(F)F)CCCCC1. The number of alkyl halides is 3. The van der Waals surface area contributed by atoms with Gasteiger partial charge in [0.1, 0.15) is 11.0 Å².